The molecule has 134 valence electrons. The molecule has 0 aliphatic heterocycles. The molecule has 0 bridgehead atoms. The normalized spacial score (nSPS) is 10.7. The summed E-state index contributed by atoms with van der Waals surface area (Å²) in [6.07, 6.45) is 0. The van der Waals surface area contributed by atoms with Crippen LogP contribution in [0, 0.1) is 0 Å². The number of carbonyl (C=O) groups excluding carboxylic acids is 2. The summed E-state index contributed by atoms with van der Waals surface area (Å²) in [5.74, 6) is -0.596. The number of nitrogens with zero attached hydrogens (tertiary/aromatic N) is 1. The molecular formula is C20H14N2O3S2. The van der Waals surface area contributed by atoms with Crippen molar-refractivity contribution in [2.45, 2.75) is 6.61 Å². The van der Waals surface area contributed by atoms with Crippen molar-refractivity contribution in [3.05, 3.63) is 81.5 Å². The molecule has 0 aliphatic rings. The summed E-state index contributed by atoms with van der Waals surface area (Å²) in [4.78, 5) is 29.3. The number of para-hydroxylation sites is 1. The fourth-order valence-electron chi connectivity index (χ4n) is 2.48. The minimum atomic E-state index is -0.426. The van der Waals surface area contributed by atoms with E-state index in [0.29, 0.717) is 16.1 Å². The molecule has 0 fully saturated rings. The Morgan fingerprint density at radius 3 is 2.56 bits per heavy atom. The van der Waals surface area contributed by atoms with E-state index in [1.54, 1.807) is 30.3 Å². The number of nitrogens with one attached hydrogen (secondary N) is 1. The third-order valence-electron chi connectivity index (χ3n) is 3.79. The number of thiophene rings is 1. The number of rotatable bonds is 5. The number of hydrogen-bond donors (Lipinski definition) is 1. The van der Waals surface area contributed by atoms with Crippen molar-refractivity contribution in [2.75, 3.05) is 5.32 Å². The lowest BCUT2D eigenvalue weighted by Gasteiger charge is -2.06. The van der Waals surface area contributed by atoms with Gasteiger partial charge in [0.15, 0.2) is 0 Å². The number of fused-ring (bicyclic) bond motifs is 1. The fraction of sp³-hybridized carbons (Fsp3) is 0.0500. The van der Waals surface area contributed by atoms with E-state index in [2.05, 4.69) is 10.3 Å². The van der Waals surface area contributed by atoms with E-state index in [9.17, 15) is 9.59 Å². The predicted octanol–water partition coefficient (Wildman–Crippen LogP) is 4.97. The van der Waals surface area contributed by atoms with Gasteiger partial charge in [-0.3, -0.25) is 4.79 Å². The highest BCUT2D eigenvalue weighted by Crippen LogP contribution is 2.22. The lowest BCUT2D eigenvalue weighted by atomic mass is 10.2. The maximum Gasteiger partial charge on any atom is 0.338 e. The van der Waals surface area contributed by atoms with Crippen LogP contribution in [0.3, 0.4) is 0 Å². The summed E-state index contributed by atoms with van der Waals surface area (Å²) in [5.41, 5.74) is 1.95. The van der Waals surface area contributed by atoms with E-state index in [4.69, 9.17) is 4.74 Å². The molecule has 4 aromatic rings. The van der Waals surface area contributed by atoms with Crippen molar-refractivity contribution in [3.63, 3.8) is 0 Å². The van der Waals surface area contributed by atoms with Gasteiger partial charge in [-0.1, -0.05) is 18.2 Å². The number of carbonyl (C=O) groups is 2. The Bertz CT molecular complexity index is 1050. The van der Waals surface area contributed by atoms with Crippen LogP contribution >= 0.6 is 22.7 Å². The third-order valence-corrected chi connectivity index (χ3v) is 5.67. The van der Waals surface area contributed by atoms with E-state index < -0.39 is 5.97 Å². The fourth-order valence-corrected chi connectivity index (χ4v) is 3.98. The second-order valence-electron chi connectivity index (χ2n) is 5.66. The van der Waals surface area contributed by atoms with Crippen LogP contribution in [0.5, 0.6) is 0 Å². The van der Waals surface area contributed by atoms with E-state index in [0.717, 1.165) is 15.2 Å². The van der Waals surface area contributed by atoms with Gasteiger partial charge in [0.25, 0.3) is 5.91 Å². The van der Waals surface area contributed by atoms with Crippen LogP contribution in [0.4, 0.5) is 5.69 Å². The quantitative estimate of drug-likeness (QED) is 0.486. The molecular weight excluding hydrogens is 380 g/mol. The Kier molecular flexibility index (Phi) is 4.95. The zero-order valence-corrected chi connectivity index (χ0v) is 15.7. The second-order valence-corrected chi connectivity index (χ2v) is 7.72. The Hall–Kier alpha value is -3.03. The lowest BCUT2D eigenvalue weighted by Crippen LogP contribution is -2.10. The molecule has 0 atom stereocenters. The van der Waals surface area contributed by atoms with Gasteiger partial charge in [-0.15, -0.1) is 22.7 Å². The van der Waals surface area contributed by atoms with Gasteiger partial charge in [-0.25, -0.2) is 9.78 Å². The van der Waals surface area contributed by atoms with Crippen LogP contribution in [0.25, 0.3) is 10.2 Å². The van der Waals surface area contributed by atoms with Crippen molar-refractivity contribution in [2.24, 2.45) is 0 Å². The van der Waals surface area contributed by atoms with Crippen molar-refractivity contribution in [3.8, 4) is 0 Å². The molecule has 2 heterocycles. The minimum Gasteiger partial charge on any atom is -0.455 e. The Labute approximate surface area is 163 Å². The van der Waals surface area contributed by atoms with Gasteiger partial charge >= 0.3 is 5.97 Å². The van der Waals surface area contributed by atoms with Gasteiger partial charge in [0.2, 0.25) is 0 Å². The number of amides is 1. The lowest BCUT2D eigenvalue weighted by molar-refractivity contribution is 0.0472. The number of aromatic nitrogens is 1. The van der Waals surface area contributed by atoms with Crippen molar-refractivity contribution in [1.82, 2.24) is 4.98 Å². The molecule has 4 rings (SSSR count). The van der Waals surface area contributed by atoms with Crippen LogP contribution in [-0.4, -0.2) is 16.9 Å². The largest absolute Gasteiger partial charge is 0.455 e. The molecule has 2 aromatic carbocycles. The molecule has 2 aromatic heterocycles. The first-order valence-electron chi connectivity index (χ1n) is 8.15. The van der Waals surface area contributed by atoms with Gasteiger partial charge in [0.05, 0.1) is 20.7 Å². The van der Waals surface area contributed by atoms with Gasteiger partial charge in [-0.2, -0.15) is 0 Å². The summed E-state index contributed by atoms with van der Waals surface area (Å²) >= 11 is 2.88. The molecule has 0 saturated heterocycles. The number of anilines is 1. The van der Waals surface area contributed by atoms with Crippen LogP contribution in [0.15, 0.2) is 66.0 Å². The summed E-state index contributed by atoms with van der Waals surface area (Å²) in [6.45, 7) is 0.134. The number of benzene rings is 2. The highest BCUT2D eigenvalue weighted by atomic mass is 32.1. The van der Waals surface area contributed by atoms with Gasteiger partial charge in [0.1, 0.15) is 11.6 Å². The average Bonchev–Trinajstić information content (AvgIpc) is 3.36. The van der Waals surface area contributed by atoms with E-state index in [1.165, 1.54) is 22.7 Å². The zero-order valence-electron chi connectivity index (χ0n) is 14.0. The Morgan fingerprint density at radius 2 is 1.81 bits per heavy atom. The Morgan fingerprint density at radius 1 is 1.00 bits per heavy atom. The molecule has 0 unspecified atom stereocenters. The molecule has 1 amide bonds. The smallest absolute Gasteiger partial charge is 0.338 e. The summed E-state index contributed by atoms with van der Waals surface area (Å²) in [7, 11) is 0. The molecule has 27 heavy (non-hydrogen) atoms. The number of esters is 1. The first-order chi connectivity index (χ1) is 13.2. The van der Waals surface area contributed by atoms with Crippen molar-refractivity contribution in [1.29, 1.82) is 0 Å². The summed E-state index contributed by atoms with van der Waals surface area (Å²) < 4.78 is 6.41. The molecule has 7 heteroatoms. The topological polar surface area (TPSA) is 68.3 Å². The number of ether oxygens (including phenoxy) is 1. The maximum atomic E-state index is 12.2. The molecule has 1 N–H and O–H groups in total. The van der Waals surface area contributed by atoms with Gasteiger partial charge in [-0.05, 0) is 47.8 Å². The molecule has 0 saturated carbocycles. The van der Waals surface area contributed by atoms with Crippen LogP contribution < -0.4 is 5.32 Å². The van der Waals surface area contributed by atoms with Crippen molar-refractivity contribution >= 4 is 50.5 Å². The first kappa shape index (κ1) is 17.4. The second kappa shape index (κ2) is 7.69. The molecule has 0 radical (unpaired) electrons. The average molecular weight is 394 g/mol. The maximum absolute atomic E-state index is 12.2. The molecule has 0 aliphatic carbocycles. The van der Waals surface area contributed by atoms with E-state index >= 15 is 0 Å². The van der Waals surface area contributed by atoms with Crippen molar-refractivity contribution < 1.29 is 14.3 Å². The minimum absolute atomic E-state index is 0.134. The first-order valence-corrected chi connectivity index (χ1v) is 9.85. The molecule has 5 nitrogen and oxygen atoms in total. The number of thiazole rings is 1. The van der Waals surface area contributed by atoms with Gasteiger partial charge < -0.3 is 10.1 Å². The third kappa shape index (κ3) is 4.05. The highest BCUT2D eigenvalue weighted by molar-refractivity contribution is 7.18. The number of hydrogen-bond acceptors (Lipinski definition) is 6. The van der Waals surface area contributed by atoms with E-state index in [1.807, 2.05) is 35.7 Å². The SMILES string of the molecule is O=C(OCc1nc2ccccc2s1)c1ccc(NC(=O)c2cccs2)cc1. The van der Waals surface area contributed by atoms with E-state index in [-0.39, 0.29) is 12.5 Å². The van der Waals surface area contributed by atoms with Gasteiger partial charge in [0, 0.05) is 5.69 Å². The molecule has 0 spiro atoms. The monoisotopic (exact) mass is 394 g/mol. The summed E-state index contributed by atoms with van der Waals surface area (Å²) in [5, 5.41) is 5.39. The van der Waals surface area contributed by atoms with Crippen LogP contribution in [0.1, 0.15) is 25.0 Å². The standard InChI is InChI=1S/C20H14N2O3S2/c23-19(17-6-3-11-26-17)21-14-9-7-13(8-10-14)20(24)25-12-18-22-15-4-1-2-5-16(15)27-18/h1-11H,12H2,(H,21,23). The summed E-state index contributed by atoms with van der Waals surface area (Å²) in [6, 6.07) is 18.0. The predicted molar refractivity (Wildman–Crippen MR) is 107 cm³/mol. The Balaban J connectivity index is 1.36. The highest BCUT2D eigenvalue weighted by Gasteiger charge is 2.11. The van der Waals surface area contributed by atoms with Crippen LogP contribution in [0.2, 0.25) is 0 Å². The zero-order chi connectivity index (χ0) is 18.6. The van der Waals surface area contributed by atoms with Crippen LogP contribution in [-0.2, 0) is 11.3 Å².